The molecule has 0 aromatic rings. The number of rotatable bonds is 1. The minimum Gasteiger partial charge on any atom is -0.410 e. The van der Waals surface area contributed by atoms with Crippen LogP contribution < -0.4 is 0 Å². The highest BCUT2D eigenvalue weighted by atomic mass is 28.4. The van der Waals surface area contributed by atoms with E-state index in [0.717, 1.165) is 0 Å². The lowest BCUT2D eigenvalue weighted by Crippen LogP contribution is -2.43. The summed E-state index contributed by atoms with van der Waals surface area (Å²) in [5, 5.41) is 1.41. The molecule has 0 saturated carbocycles. The van der Waals surface area contributed by atoms with Gasteiger partial charge < -0.3 is 4.43 Å². The Bertz CT molecular complexity index is 316. The minimum atomic E-state index is -1.63. The summed E-state index contributed by atoms with van der Waals surface area (Å²) < 4.78 is 6.20. The predicted octanol–water partition coefficient (Wildman–Crippen LogP) is 3.35. The number of allylic oxidation sites excluding steroid dienone is 5. The maximum atomic E-state index is 6.20. The molecule has 76 valence electrons. The molecule has 0 spiro atoms. The highest BCUT2D eigenvalue weighted by molar-refractivity contribution is 6.81. The van der Waals surface area contributed by atoms with E-state index in [2.05, 4.69) is 38.3 Å². The molecular weight excluding hydrogens is 188 g/mol. The van der Waals surface area contributed by atoms with Crippen LogP contribution in [0.4, 0.5) is 0 Å². The lowest BCUT2D eigenvalue weighted by molar-refractivity contribution is 0.181. The van der Waals surface area contributed by atoms with Crippen molar-refractivity contribution in [2.75, 3.05) is 0 Å². The SMILES string of the molecule is C=C1C=CC=C1[Si]1(C)CCCC(C)O1. The summed E-state index contributed by atoms with van der Waals surface area (Å²) in [6, 6.07) is 1.25. The maximum Gasteiger partial charge on any atom is 0.222 e. The number of hydrogen-bond acceptors (Lipinski definition) is 1. The second-order valence-corrected chi connectivity index (χ2v) is 8.25. The van der Waals surface area contributed by atoms with Gasteiger partial charge in [0, 0.05) is 6.10 Å². The number of hydrogen-bond donors (Lipinski definition) is 0. The average Bonchev–Trinajstić information content (AvgIpc) is 2.51. The summed E-state index contributed by atoms with van der Waals surface area (Å²) in [7, 11) is -1.63. The summed E-state index contributed by atoms with van der Waals surface area (Å²) >= 11 is 0. The Morgan fingerprint density at radius 1 is 1.57 bits per heavy atom. The summed E-state index contributed by atoms with van der Waals surface area (Å²) in [5.74, 6) is 0. The first-order valence-corrected chi connectivity index (χ1v) is 7.99. The van der Waals surface area contributed by atoms with Crippen LogP contribution in [0, 0.1) is 0 Å². The molecule has 1 aliphatic carbocycles. The molecule has 1 aliphatic heterocycles. The summed E-state index contributed by atoms with van der Waals surface area (Å²) in [5.41, 5.74) is 1.17. The molecule has 1 saturated heterocycles. The second kappa shape index (κ2) is 3.52. The van der Waals surface area contributed by atoms with Gasteiger partial charge in [0.15, 0.2) is 0 Å². The monoisotopic (exact) mass is 206 g/mol. The van der Waals surface area contributed by atoms with Gasteiger partial charge in [-0.2, -0.15) is 0 Å². The minimum absolute atomic E-state index is 0.440. The molecule has 2 aliphatic rings. The lowest BCUT2D eigenvalue weighted by Gasteiger charge is -2.37. The van der Waals surface area contributed by atoms with Gasteiger partial charge in [-0.15, -0.1) is 0 Å². The van der Waals surface area contributed by atoms with E-state index in [1.807, 2.05) is 0 Å². The molecule has 2 heteroatoms. The van der Waals surface area contributed by atoms with Gasteiger partial charge in [-0.1, -0.05) is 31.2 Å². The molecule has 0 N–H and O–H groups in total. The van der Waals surface area contributed by atoms with E-state index in [1.165, 1.54) is 29.7 Å². The van der Waals surface area contributed by atoms with Gasteiger partial charge in [0.1, 0.15) is 0 Å². The first-order valence-electron chi connectivity index (χ1n) is 5.38. The van der Waals surface area contributed by atoms with Crippen LogP contribution in [0.25, 0.3) is 0 Å². The molecule has 2 atom stereocenters. The van der Waals surface area contributed by atoms with Gasteiger partial charge in [0.2, 0.25) is 8.32 Å². The molecule has 0 aromatic heterocycles. The standard InChI is InChI=1S/C12H18OSi/c1-10-6-4-8-12(10)14(3)9-5-7-11(2)13-14/h4,6,8,11H,1,5,7,9H2,2-3H3. The first-order chi connectivity index (χ1) is 6.62. The first kappa shape index (κ1) is 9.93. The van der Waals surface area contributed by atoms with E-state index < -0.39 is 8.32 Å². The fourth-order valence-corrected chi connectivity index (χ4v) is 6.07. The van der Waals surface area contributed by atoms with Crippen LogP contribution in [0.1, 0.15) is 19.8 Å². The summed E-state index contributed by atoms with van der Waals surface area (Å²) in [6.45, 7) is 8.60. The molecule has 1 nitrogen and oxygen atoms in total. The third kappa shape index (κ3) is 1.64. The quantitative estimate of drug-likeness (QED) is 0.598. The van der Waals surface area contributed by atoms with E-state index in [9.17, 15) is 0 Å². The topological polar surface area (TPSA) is 9.23 Å². The normalized spacial score (nSPS) is 37.4. The van der Waals surface area contributed by atoms with Crippen LogP contribution in [0.15, 0.2) is 35.6 Å². The maximum absolute atomic E-state index is 6.20. The van der Waals surface area contributed by atoms with E-state index in [0.29, 0.717) is 6.10 Å². The van der Waals surface area contributed by atoms with Gasteiger partial charge in [0.05, 0.1) is 0 Å². The molecule has 14 heavy (non-hydrogen) atoms. The van der Waals surface area contributed by atoms with Crippen molar-refractivity contribution in [3.63, 3.8) is 0 Å². The van der Waals surface area contributed by atoms with E-state index in [-0.39, 0.29) is 0 Å². The molecule has 0 amide bonds. The fraction of sp³-hybridized carbons (Fsp3) is 0.500. The van der Waals surface area contributed by atoms with E-state index in [1.54, 1.807) is 0 Å². The fourth-order valence-electron chi connectivity index (χ4n) is 2.46. The lowest BCUT2D eigenvalue weighted by atomic mass is 10.2. The van der Waals surface area contributed by atoms with Crippen molar-refractivity contribution in [2.45, 2.75) is 38.5 Å². The van der Waals surface area contributed by atoms with Gasteiger partial charge in [0.25, 0.3) is 0 Å². The zero-order chi connectivity index (χ0) is 10.2. The van der Waals surface area contributed by atoms with Crippen molar-refractivity contribution in [1.29, 1.82) is 0 Å². The van der Waals surface area contributed by atoms with Crippen LogP contribution >= 0.6 is 0 Å². The Hall–Kier alpha value is -0.603. The third-order valence-corrected chi connectivity index (χ3v) is 7.06. The Labute approximate surface area is 87.3 Å². The second-order valence-electron chi connectivity index (χ2n) is 4.52. The van der Waals surface area contributed by atoms with Gasteiger partial charge >= 0.3 is 0 Å². The van der Waals surface area contributed by atoms with Crippen molar-refractivity contribution >= 4 is 8.32 Å². The van der Waals surface area contributed by atoms with Crippen molar-refractivity contribution in [1.82, 2.24) is 0 Å². The van der Waals surface area contributed by atoms with Gasteiger partial charge in [-0.25, -0.2) is 0 Å². The largest absolute Gasteiger partial charge is 0.410 e. The summed E-state index contributed by atoms with van der Waals surface area (Å²) in [6.07, 6.45) is 9.36. The zero-order valence-corrected chi connectivity index (χ0v) is 10.0. The van der Waals surface area contributed by atoms with Crippen LogP contribution in [-0.2, 0) is 4.43 Å². The van der Waals surface area contributed by atoms with Crippen LogP contribution in [0.2, 0.25) is 12.6 Å². The van der Waals surface area contributed by atoms with Crippen LogP contribution in [0.3, 0.4) is 0 Å². The molecule has 0 bridgehead atoms. The Kier molecular flexibility index (Phi) is 2.50. The Morgan fingerprint density at radius 2 is 2.36 bits per heavy atom. The van der Waals surface area contributed by atoms with Crippen LogP contribution in [-0.4, -0.2) is 14.4 Å². The smallest absolute Gasteiger partial charge is 0.222 e. The van der Waals surface area contributed by atoms with Crippen molar-refractivity contribution in [3.8, 4) is 0 Å². The zero-order valence-electron chi connectivity index (χ0n) is 9.05. The van der Waals surface area contributed by atoms with Gasteiger partial charge in [-0.05, 0) is 36.7 Å². The van der Waals surface area contributed by atoms with Crippen LogP contribution in [0.5, 0.6) is 0 Å². The third-order valence-electron chi connectivity index (χ3n) is 3.20. The Balaban J connectivity index is 2.19. The Morgan fingerprint density at radius 3 is 2.93 bits per heavy atom. The molecular formula is C12H18OSi. The van der Waals surface area contributed by atoms with E-state index >= 15 is 0 Å². The molecule has 2 rings (SSSR count). The molecule has 1 heterocycles. The predicted molar refractivity (Wildman–Crippen MR) is 62.6 cm³/mol. The molecule has 0 aromatic carbocycles. The average molecular weight is 206 g/mol. The highest BCUT2D eigenvalue weighted by Gasteiger charge is 2.39. The molecule has 0 radical (unpaired) electrons. The summed E-state index contributed by atoms with van der Waals surface area (Å²) in [4.78, 5) is 0. The van der Waals surface area contributed by atoms with E-state index in [4.69, 9.17) is 4.43 Å². The van der Waals surface area contributed by atoms with Crippen molar-refractivity contribution in [3.05, 3.63) is 35.6 Å². The van der Waals surface area contributed by atoms with Crippen molar-refractivity contribution < 1.29 is 4.43 Å². The highest BCUT2D eigenvalue weighted by Crippen LogP contribution is 2.36. The van der Waals surface area contributed by atoms with Gasteiger partial charge in [-0.3, -0.25) is 0 Å². The molecule has 2 unspecified atom stereocenters. The van der Waals surface area contributed by atoms with Crippen molar-refractivity contribution in [2.24, 2.45) is 0 Å². The molecule has 1 fully saturated rings.